The van der Waals surface area contributed by atoms with E-state index in [2.05, 4.69) is 14.7 Å². The molecule has 1 heterocycles. The molecule has 1 rings (SSSR count). The van der Waals surface area contributed by atoms with Crippen LogP contribution in [-0.4, -0.2) is 30.3 Å². The van der Waals surface area contributed by atoms with Gasteiger partial charge in [0.05, 0.1) is 19.8 Å². The molecule has 13 heavy (non-hydrogen) atoms. The second-order valence-corrected chi connectivity index (χ2v) is 2.17. The summed E-state index contributed by atoms with van der Waals surface area (Å²) in [6, 6.07) is 3.29. The zero-order valence-electron chi connectivity index (χ0n) is 7.43. The van der Waals surface area contributed by atoms with Crippen molar-refractivity contribution < 1.29 is 14.5 Å². The summed E-state index contributed by atoms with van der Waals surface area (Å²) >= 11 is 0. The highest BCUT2D eigenvalue weighted by molar-refractivity contribution is 5.92. The number of hydrogen-bond donors (Lipinski definition) is 0. The molecule has 0 atom stereocenters. The van der Waals surface area contributed by atoms with E-state index in [9.17, 15) is 4.79 Å². The minimum Gasteiger partial charge on any atom is -0.264 e. The van der Waals surface area contributed by atoms with Crippen molar-refractivity contribution in [3.8, 4) is 0 Å². The van der Waals surface area contributed by atoms with Crippen molar-refractivity contribution in [3.63, 3.8) is 0 Å². The van der Waals surface area contributed by atoms with Crippen molar-refractivity contribution in [1.29, 1.82) is 0 Å². The van der Waals surface area contributed by atoms with E-state index in [1.54, 1.807) is 18.3 Å². The van der Waals surface area contributed by atoms with Crippen LogP contribution in [-0.2, 0) is 9.68 Å². The van der Waals surface area contributed by atoms with E-state index in [1.807, 2.05) is 0 Å². The van der Waals surface area contributed by atoms with Gasteiger partial charge in [0.2, 0.25) is 0 Å². The first kappa shape index (κ1) is 9.63. The monoisotopic (exact) mass is 182 g/mol. The standard InChI is InChI=1S/C8H10N2O3/c1-12-10(13-2)8(11)7-4-3-5-9-6-7/h3-6H,1-2H3. The lowest BCUT2D eigenvalue weighted by Gasteiger charge is -2.14. The summed E-state index contributed by atoms with van der Waals surface area (Å²) < 4.78 is 0. The first-order valence-electron chi connectivity index (χ1n) is 3.62. The molecule has 0 unspecified atom stereocenters. The average molecular weight is 182 g/mol. The van der Waals surface area contributed by atoms with E-state index in [0.29, 0.717) is 5.56 Å². The molecule has 1 aromatic rings. The van der Waals surface area contributed by atoms with Gasteiger partial charge in [-0.15, -0.1) is 0 Å². The van der Waals surface area contributed by atoms with Gasteiger partial charge in [-0.3, -0.25) is 9.78 Å². The van der Waals surface area contributed by atoms with Crippen LogP contribution in [0.1, 0.15) is 10.4 Å². The second kappa shape index (κ2) is 4.54. The smallest absolute Gasteiger partial charge is 0.264 e. The van der Waals surface area contributed by atoms with Gasteiger partial charge in [-0.05, 0) is 12.1 Å². The van der Waals surface area contributed by atoms with E-state index < -0.39 is 5.91 Å². The van der Waals surface area contributed by atoms with Crippen LogP contribution in [0.5, 0.6) is 0 Å². The highest BCUT2D eigenvalue weighted by Crippen LogP contribution is 2.02. The minimum atomic E-state index is -0.391. The summed E-state index contributed by atoms with van der Waals surface area (Å²) in [7, 11) is 2.69. The van der Waals surface area contributed by atoms with Crippen LogP contribution in [0, 0.1) is 0 Å². The number of aromatic nitrogens is 1. The molecule has 70 valence electrons. The van der Waals surface area contributed by atoms with Gasteiger partial charge in [0.25, 0.3) is 0 Å². The highest BCUT2D eigenvalue weighted by Gasteiger charge is 2.14. The van der Waals surface area contributed by atoms with Gasteiger partial charge in [-0.2, -0.15) is 0 Å². The van der Waals surface area contributed by atoms with Crippen molar-refractivity contribution in [2.24, 2.45) is 0 Å². The van der Waals surface area contributed by atoms with E-state index in [1.165, 1.54) is 20.4 Å². The molecule has 0 radical (unpaired) electrons. The summed E-state index contributed by atoms with van der Waals surface area (Å²) in [4.78, 5) is 24.5. The van der Waals surface area contributed by atoms with Crippen molar-refractivity contribution in [2.45, 2.75) is 0 Å². The Morgan fingerprint density at radius 2 is 2.15 bits per heavy atom. The molecule has 0 N–H and O–H groups in total. The van der Waals surface area contributed by atoms with Crippen LogP contribution >= 0.6 is 0 Å². The lowest BCUT2D eigenvalue weighted by atomic mass is 10.3. The van der Waals surface area contributed by atoms with Crippen molar-refractivity contribution in [1.82, 2.24) is 10.2 Å². The molecule has 0 fully saturated rings. The summed E-state index contributed by atoms with van der Waals surface area (Å²) in [6.45, 7) is 0. The van der Waals surface area contributed by atoms with E-state index in [4.69, 9.17) is 0 Å². The van der Waals surface area contributed by atoms with Gasteiger partial charge in [0, 0.05) is 12.4 Å². The molecule has 0 bridgehead atoms. The van der Waals surface area contributed by atoms with Crippen LogP contribution in [0.25, 0.3) is 0 Å². The van der Waals surface area contributed by atoms with Gasteiger partial charge >= 0.3 is 5.91 Å². The number of rotatable bonds is 3. The molecule has 0 saturated heterocycles. The SMILES string of the molecule is CON(OC)C(=O)c1cccnc1. The third-order valence-electron chi connectivity index (χ3n) is 1.41. The maximum absolute atomic E-state index is 11.4. The Balaban J connectivity index is 2.78. The quantitative estimate of drug-likeness (QED) is 0.644. The fraction of sp³-hybridized carbons (Fsp3) is 0.250. The van der Waals surface area contributed by atoms with Gasteiger partial charge in [0.1, 0.15) is 0 Å². The Morgan fingerprint density at radius 3 is 2.62 bits per heavy atom. The third-order valence-corrected chi connectivity index (χ3v) is 1.41. The van der Waals surface area contributed by atoms with Gasteiger partial charge in [-0.25, -0.2) is 9.68 Å². The van der Waals surface area contributed by atoms with E-state index in [-0.39, 0.29) is 0 Å². The van der Waals surface area contributed by atoms with Crippen molar-refractivity contribution in [3.05, 3.63) is 30.1 Å². The molecule has 0 aromatic carbocycles. The number of carbonyl (C=O) groups is 1. The lowest BCUT2D eigenvalue weighted by Crippen LogP contribution is -2.28. The first-order chi connectivity index (χ1) is 6.29. The van der Waals surface area contributed by atoms with Crippen LogP contribution in [0.4, 0.5) is 0 Å². The van der Waals surface area contributed by atoms with Crippen LogP contribution in [0.15, 0.2) is 24.5 Å². The molecule has 0 spiro atoms. The normalized spacial score (nSPS) is 9.69. The topological polar surface area (TPSA) is 51.7 Å². The highest BCUT2D eigenvalue weighted by atomic mass is 16.9. The number of pyridine rings is 1. The molecule has 1 aromatic heterocycles. The van der Waals surface area contributed by atoms with E-state index >= 15 is 0 Å². The Morgan fingerprint density at radius 1 is 1.46 bits per heavy atom. The Labute approximate surface area is 75.8 Å². The third kappa shape index (κ3) is 2.24. The number of hydroxylamine groups is 2. The number of hydrogen-bond acceptors (Lipinski definition) is 4. The molecule has 0 aliphatic heterocycles. The van der Waals surface area contributed by atoms with Gasteiger partial charge in [-0.1, -0.05) is 5.23 Å². The lowest BCUT2D eigenvalue weighted by molar-refractivity contribution is -0.299. The molecule has 0 saturated carbocycles. The fourth-order valence-corrected chi connectivity index (χ4v) is 0.835. The summed E-state index contributed by atoms with van der Waals surface area (Å²) in [5.41, 5.74) is 0.409. The summed E-state index contributed by atoms with van der Waals surface area (Å²) in [5, 5.41) is 0.775. The summed E-state index contributed by atoms with van der Waals surface area (Å²) in [6.07, 6.45) is 3.02. The van der Waals surface area contributed by atoms with Gasteiger partial charge in [0.15, 0.2) is 0 Å². The molecule has 0 aliphatic rings. The fourth-order valence-electron chi connectivity index (χ4n) is 0.835. The predicted octanol–water partition coefficient (Wildman–Crippen LogP) is 0.647. The maximum atomic E-state index is 11.4. The zero-order chi connectivity index (χ0) is 9.68. The van der Waals surface area contributed by atoms with Crippen LogP contribution in [0.2, 0.25) is 0 Å². The Hall–Kier alpha value is -1.46. The minimum absolute atomic E-state index is 0.391. The number of amides is 1. The van der Waals surface area contributed by atoms with E-state index in [0.717, 1.165) is 5.23 Å². The predicted molar refractivity (Wildman–Crippen MR) is 44.4 cm³/mol. The molecule has 5 nitrogen and oxygen atoms in total. The van der Waals surface area contributed by atoms with Crippen molar-refractivity contribution >= 4 is 5.91 Å². The Bertz CT molecular complexity index is 272. The zero-order valence-corrected chi connectivity index (χ0v) is 7.43. The largest absolute Gasteiger partial charge is 0.305 e. The van der Waals surface area contributed by atoms with Crippen LogP contribution < -0.4 is 0 Å². The van der Waals surface area contributed by atoms with Crippen molar-refractivity contribution in [2.75, 3.05) is 14.2 Å². The summed E-state index contributed by atoms with van der Waals surface area (Å²) in [5.74, 6) is -0.391. The Kier molecular flexibility index (Phi) is 3.36. The number of carbonyl (C=O) groups excluding carboxylic acids is 1. The number of nitrogens with zero attached hydrogens (tertiary/aromatic N) is 2. The molecular formula is C8H10N2O3. The molecular weight excluding hydrogens is 172 g/mol. The average Bonchev–Trinajstić information content (AvgIpc) is 2.21. The maximum Gasteiger partial charge on any atom is 0.305 e. The first-order valence-corrected chi connectivity index (χ1v) is 3.62. The van der Waals surface area contributed by atoms with Crippen LogP contribution in [0.3, 0.4) is 0 Å². The van der Waals surface area contributed by atoms with Gasteiger partial charge < -0.3 is 0 Å². The molecule has 0 aliphatic carbocycles. The molecule has 1 amide bonds. The second-order valence-electron chi connectivity index (χ2n) is 2.17. The molecule has 5 heteroatoms.